The van der Waals surface area contributed by atoms with Gasteiger partial charge in [-0.05, 0) is 41.7 Å². The number of carbonyl (C=O) groups is 2. The van der Waals surface area contributed by atoms with Gasteiger partial charge in [0.2, 0.25) is 0 Å². The first-order valence-corrected chi connectivity index (χ1v) is 7.76. The summed E-state index contributed by atoms with van der Waals surface area (Å²) in [7, 11) is 0. The number of aromatic nitrogens is 1. The molecule has 0 unspecified atom stereocenters. The fourth-order valence-corrected chi connectivity index (χ4v) is 2.80. The Bertz CT molecular complexity index is 733. The molecule has 0 aliphatic carbocycles. The lowest BCUT2D eigenvalue weighted by Gasteiger charge is -2.10. The number of hydrogen-bond donors (Lipinski definition) is 3. The van der Waals surface area contributed by atoms with Crippen molar-refractivity contribution in [2.75, 3.05) is 6.54 Å². The molecule has 2 rings (SSSR count). The molecule has 1 aromatic carbocycles. The molecule has 0 bridgehead atoms. The molecule has 0 aliphatic heterocycles. The van der Waals surface area contributed by atoms with Crippen molar-refractivity contribution < 1.29 is 19.1 Å². The van der Waals surface area contributed by atoms with Gasteiger partial charge in [0.25, 0.3) is 5.91 Å². The Balaban J connectivity index is 2.23. The minimum Gasteiger partial charge on any atom is -0.480 e. The Hall–Kier alpha value is -2.32. The van der Waals surface area contributed by atoms with E-state index in [0.29, 0.717) is 12.0 Å². The number of rotatable bonds is 6. The van der Waals surface area contributed by atoms with E-state index in [1.165, 1.54) is 17.6 Å². The fraction of sp³-hybridized carbons (Fsp3) is 0.267. The molecular formula is C15H16FN3O3S. The lowest BCUT2D eigenvalue weighted by molar-refractivity contribution is -0.138. The average molecular weight is 337 g/mol. The Labute approximate surface area is 136 Å². The van der Waals surface area contributed by atoms with E-state index in [1.54, 1.807) is 11.4 Å². The Morgan fingerprint density at radius 2 is 2.17 bits per heavy atom. The predicted octanol–water partition coefficient (Wildman–Crippen LogP) is 1.65. The van der Waals surface area contributed by atoms with Gasteiger partial charge in [-0.3, -0.25) is 9.59 Å². The highest BCUT2D eigenvalue weighted by molar-refractivity contribution is 7.04. The minimum atomic E-state index is -1.22. The van der Waals surface area contributed by atoms with Crippen LogP contribution in [0.4, 0.5) is 4.39 Å². The van der Waals surface area contributed by atoms with E-state index >= 15 is 0 Å². The number of nitrogens with two attached hydrogens (primary N) is 1. The van der Waals surface area contributed by atoms with Crippen LogP contribution in [0.15, 0.2) is 23.6 Å². The summed E-state index contributed by atoms with van der Waals surface area (Å²) in [6, 6.07) is 2.77. The number of nitrogens with one attached hydrogen (secondary N) is 1. The van der Waals surface area contributed by atoms with Crippen LogP contribution in [0, 0.1) is 5.82 Å². The van der Waals surface area contributed by atoms with Gasteiger partial charge in [-0.15, -0.1) is 0 Å². The zero-order chi connectivity index (χ0) is 17.0. The molecule has 0 aliphatic rings. The van der Waals surface area contributed by atoms with Crippen molar-refractivity contribution >= 4 is 23.4 Å². The normalized spacial score (nSPS) is 12.0. The quantitative estimate of drug-likeness (QED) is 0.743. The van der Waals surface area contributed by atoms with Gasteiger partial charge in [-0.1, -0.05) is 6.92 Å². The molecule has 0 saturated heterocycles. The summed E-state index contributed by atoms with van der Waals surface area (Å²) in [6.45, 7) is 1.71. The van der Waals surface area contributed by atoms with E-state index in [0.717, 1.165) is 17.3 Å². The van der Waals surface area contributed by atoms with Crippen LogP contribution in [0.5, 0.6) is 0 Å². The third kappa shape index (κ3) is 4.11. The van der Waals surface area contributed by atoms with Gasteiger partial charge in [0.05, 0.1) is 5.69 Å². The zero-order valence-corrected chi connectivity index (χ0v) is 13.2. The number of hydrogen-bond acceptors (Lipinski definition) is 5. The van der Waals surface area contributed by atoms with Crippen molar-refractivity contribution in [2.24, 2.45) is 5.73 Å². The molecule has 23 heavy (non-hydrogen) atoms. The molecule has 6 nitrogen and oxygen atoms in total. The number of carboxylic acid groups (broad SMARTS) is 1. The molecule has 4 N–H and O–H groups in total. The van der Waals surface area contributed by atoms with Crippen LogP contribution in [0.3, 0.4) is 0 Å². The number of nitrogens with zero attached hydrogens (tertiary/aromatic N) is 1. The van der Waals surface area contributed by atoms with Gasteiger partial charge < -0.3 is 16.2 Å². The number of halogens is 1. The van der Waals surface area contributed by atoms with Crippen LogP contribution in [-0.2, 0) is 11.2 Å². The summed E-state index contributed by atoms with van der Waals surface area (Å²) < 4.78 is 18.1. The molecule has 0 saturated carbocycles. The number of benzene rings is 1. The van der Waals surface area contributed by atoms with Crippen LogP contribution in [0.25, 0.3) is 11.1 Å². The van der Waals surface area contributed by atoms with Crippen LogP contribution >= 0.6 is 11.5 Å². The van der Waals surface area contributed by atoms with E-state index in [-0.39, 0.29) is 12.1 Å². The second-order valence-corrected chi connectivity index (χ2v) is 5.54. The van der Waals surface area contributed by atoms with Crippen LogP contribution in [-0.4, -0.2) is 33.9 Å². The third-order valence-corrected chi connectivity index (χ3v) is 3.92. The Kier molecular flexibility index (Phi) is 5.41. The average Bonchev–Trinajstić information content (AvgIpc) is 3.00. The fourth-order valence-electron chi connectivity index (χ4n) is 2.02. The van der Waals surface area contributed by atoms with Crippen molar-refractivity contribution in [3.8, 4) is 11.1 Å². The Morgan fingerprint density at radius 3 is 2.83 bits per heavy atom. The van der Waals surface area contributed by atoms with Crippen molar-refractivity contribution in [2.45, 2.75) is 19.4 Å². The first-order chi connectivity index (χ1) is 10.9. The third-order valence-electron chi connectivity index (χ3n) is 3.25. The molecule has 1 amide bonds. The van der Waals surface area contributed by atoms with E-state index < -0.39 is 23.7 Å². The van der Waals surface area contributed by atoms with E-state index in [2.05, 4.69) is 9.69 Å². The Morgan fingerprint density at radius 1 is 1.43 bits per heavy atom. The lowest BCUT2D eigenvalue weighted by atomic mass is 10.0. The van der Waals surface area contributed by atoms with Gasteiger partial charge in [0.15, 0.2) is 0 Å². The maximum absolute atomic E-state index is 13.8. The van der Waals surface area contributed by atoms with Gasteiger partial charge >= 0.3 is 5.97 Å². The van der Waals surface area contributed by atoms with Gasteiger partial charge in [-0.25, -0.2) is 4.39 Å². The van der Waals surface area contributed by atoms with Gasteiger partial charge in [0, 0.05) is 23.1 Å². The van der Waals surface area contributed by atoms with Crippen molar-refractivity contribution in [3.05, 3.63) is 40.7 Å². The first-order valence-electron chi connectivity index (χ1n) is 6.93. The van der Waals surface area contributed by atoms with E-state index in [9.17, 15) is 14.0 Å². The summed E-state index contributed by atoms with van der Waals surface area (Å²) in [5.74, 6) is -2.35. The van der Waals surface area contributed by atoms with Crippen LogP contribution in [0.2, 0.25) is 0 Å². The van der Waals surface area contributed by atoms with E-state index in [1.807, 2.05) is 6.92 Å². The SMILES string of the molecule is CCc1nscc1-c1cc(F)cc(C(=O)NC[C@@H](N)C(=O)O)c1. The molecule has 122 valence electrons. The number of carbonyl (C=O) groups excluding carboxylic acids is 1. The second-order valence-electron chi connectivity index (χ2n) is 4.91. The summed E-state index contributed by atoms with van der Waals surface area (Å²) in [5.41, 5.74) is 7.60. The summed E-state index contributed by atoms with van der Waals surface area (Å²) in [4.78, 5) is 22.7. The van der Waals surface area contributed by atoms with Gasteiger partial charge in [0.1, 0.15) is 11.9 Å². The highest BCUT2D eigenvalue weighted by Gasteiger charge is 2.16. The van der Waals surface area contributed by atoms with Crippen LogP contribution in [0.1, 0.15) is 23.0 Å². The second kappa shape index (κ2) is 7.30. The largest absolute Gasteiger partial charge is 0.480 e. The number of amides is 1. The number of aliphatic carboxylic acids is 1. The molecule has 0 fully saturated rings. The highest BCUT2D eigenvalue weighted by atomic mass is 32.1. The maximum Gasteiger partial charge on any atom is 0.322 e. The zero-order valence-electron chi connectivity index (χ0n) is 12.4. The predicted molar refractivity (Wildman–Crippen MR) is 84.8 cm³/mol. The molecule has 1 aromatic heterocycles. The van der Waals surface area contributed by atoms with Crippen molar-refractivity contribution in [1.29, 1.82) is 0 Å². The molecule has 0 radical (unpaired) electrons. The summed E-state index contributed by atoms with van der Waals surface area (Å²) in [5, 5.41) is 12.9. The molecule has 1 heterocycles. The monoisotopic (exact) mass is 337 g/mol. The van der Waals surface area contributed by atoms with E-state index in [4.69, 9.17) is 10.8 Å². The standard InChI is InChI=1S/C15H16FN3O3S/c1-2-13-11(7-23-19-13)8-3-9(5-10(16)4-8)14(20)18-6-12(17)15(21)22/h3-5,7,12H,2,6,17H2,1H3,(H,18,20)(H,21,22)/t12-/m1/s1. The molecule has 2 aromatic rings. The maximum atomic E-state index is 13.8. The highest BCUT2D eigenvalue weighted by Crippen LogP contribution is 2.27. The van der Waals surface area contributed by atoms with Gasteiger partial charge in [-0.2, -0.15) is 4.37 Å². The topological polar surface area (TPSA) is 105 Å². The van der Waals surface area contributed by atoms with Crippen molar-refractivity contribution in [3.63, 3.8) is 0 Å². The number of aryl methyl sites for hydroxylation is 1. The van der Waals surface area contributed by atoms with Crippen LogP contribution < -0.4 is 11.1 Å². The first kappa shape index (κ1) is 17.0. The summed E-state index contributed by atoms with van der Waals surface area (Å²) >= 11 is 1.27. The van der Waals surface area contributed by atoms with Crippen molar-refractivity contribution in [1.82, 2.24) is 9.69 Å². The molecule has 1 atom stereocenters. The smallest absolute Gasteiger partial charge is 0.322 e. The summed E-state index contributed by atoms with van der Waals surface area (Å²) in [6.07, 6.45) is 0.699. The molecule has 8 heteroatoms. The number of carboxylic acids is 1. The molecule has 0 spiro atoms. The lowest BCUT2D eigenvalue weighted by Crippen LogP contribution is -2.42. The minimum absolute atomic E-state index is 0.103. The molecular weight excluding hydrogens is 321 g/mol.